The molecular weight excluding hydrogens is 294 g/mol. The minimum Gasteiger partial charge on any atom is -0.493 e. The van der Waals surface area contributed by atoms with Gasteiger partial charge in [0.1, 0.15) is 5.75 Å². The number of tetrazole rings is 1. The highest BCUT2D eigenvalue weighted by Gasteiger charge is 2.61. The molecule has 4 rings (SSSR count). The highest BCUT2D eigenvalue weighted by Crippen LogP contribution is 2.61. The number of hydrogen-bond donors (Lipinski definition) is 1. The number of amides is 1. The van der Waals surface area contributed by atoms with E-state index in [9.17, 15) is 4.79 Å². The van der Waals surface area contributed by atoms with Gasteiger partial charge < -0.3 is 9.64 Å². The van der Waals surface area contributed by atoms with Gasteiger partial charge in [-0.3, -0.25) is 4.79 Å². The molecule has 2 heterocycles. The highest BCUT2D eigenvalue weighted by atomic mass is 16.5. The Morgan fingerprint density at radius 3 is 3.17 bits per heavy atom. The Morgan fingerprint density at radius 1 is 1.48 bits per heavy atom. The molecule has 1 fully saturated rings. The Morgan fingerprint density at radius 2 is 2.35 bits per heavy atom. The lowest BCUT2D eigenvalue weighted by Gasteiger charge is -2.27. The van der Waals surface area contributed by atoms with Crippen molar-refractivity contribution in [2.24, 2.45) is 5.92 Å². The van der Waals surface area contributed by atoms with E-state index in [1.165, 1.54) is 5.56 Å². The molecule has 0 saturated heterocycles. The van der Waals surface area contributed by atoms with E-state index in [1.807, 2.05) is 25.2 Å². The van der Waals surface area contributed by atoms with Crippen molar-refractivity contribution < 1.29 is 9.53 Å². The number of benzene rings is 1. The smallest absolute Gasteiger partial charge is 0.226 e. The third-order valence-electron chi connectivity index (χ3n) is 5.04. The van der Waals surface area contributed by atoms with Crippen LogP contribution in [0.4, 0.5) is 0 Å². The van der Waals surface area contributed by atoms with Crippen LogP contribution in [-0.4, -0.2) is 51.6 Å². The van der Waals surface area contributed by atoms with Crippen LogP contribution in [0.15, 0.2) is 24.3 Å². The quantitative estimate of drug-likeness (QED) is 0.908. The largest absolute Gasteiger partial charge is 0.493 e. The maximum atomic E-state index is 12.8. The third kappa shape index (κ3) is 2.36. The van der Waals surface area contributed by atoms with Gasteiger partial charge in [-0.05, 0) is 18.9 Å². The molecule has 2 aromatic rings. The van der Waals surface area contributed by atoms with Crippen molar-refractivity contribution >= 4 is 5.91 Å². The fourth-order valence-electron chi connectivity index (χ4n) is 3.62. The molecule has 2 atom stereocenters. The Labute approximate surface area is 134 Å². The van der Waals surface area contributed by atoms with Gasteiger partial charge >= 0.3 is 0 Å². The molecule has 1 aliphatic carbocycles. The molecule has 120 valence electrons. The van der Waals surface area contributed by atoms with E-state index in [-0.39, 0.29) is 17.2 Å². The first kappa shape index (κ1) is 14.2. The molecule has 1 aliphatic heterocycles. The number of ether oxygens (including phenoxy) is 1. The molecule has 0 radical (unpaired) electrons. The normalized spacial score (nSPS) is 24.8. The van der Waals surface area contributed by atoms with E-state index in [0.717, 1.165) is 18.6 Å². The van der Waals surface area contributed by atoms with Gasteiger partial charge in [0.25, 0.3) is 0 Å². The summed E-state index contributed by atoms with van der Waals surface area (Å²) in [6.45, 7) is 1.29. The number of fused-ring (bicyclic) bond motifs is 2. The van der Waals surface area contributed by atoms with Crippen LogP contribution in [0.2, 0.25) is 0 Å². The SMILES string of the molecule is CN(CCc1nn[nH]n1)C(=O)[C@@H]1C[C@]12CCOc1ccccc12. The first-order valence-corrected chi connectivity index (χ1v) is 7.90. The van der Waals surface area contributed by atoms with Crippen molar-refractivity contribution in [3.63, 3.8) is 0 Å². The average molecular weight is 313 g/mol. The van der Waals surface area contributed by atoms with E-state index in [0.29, 0.717) is 25.4 Å². The molecular formula is C16H19N5O2. The molecule has 0 bridgehead atoms. The number of hydrogen-bond acceptors (Lipinski definition) is 5. The van der Waals surface area contributed by atoms with Crippen LogP contribution >= 0.6 is 0 Å². The van der Waals surface area contributed by atoms with Gasteiger partial charge in [-0.2, -0.15) is 5.21 Å². The minimum absolute atomic E-state index is 0.0215. The van der Waals surface area contributed by atoms with Crippen LogP contribution < -0.4 is 4.74 Å². The van der Waals surface area contributed by atoms with Crippen molar-refractivity contribution in [1.29, 1.82) is 0 Å². The Kier molecular flexibility index (Phi) is 3.28. The molecule has 7 nitrogen and oxygen atoms in total. The summed E-state index contributed by atoms with van der Waals surface area (Å²) < 4.78 is 5.73. The van der Waals surface area contributed by atoms with Gasteiger partial charge in [0.15, 0.2) is 5.82 Å². The predicted octanol–water partition coefficient (Wildman–Crippen LogP) is 0.941. The fraction of sp³-hybridized carbons (Fsp3) is 0.500. The molecule has 2 aliphatic rings. The molecule has 0 unspecified atom stereocenters. The molecule has 7 heteroatoms. The summed E-state index contributed by atoms with van der Waals surface area (Å²) in [4.78, 5) is 14.6. The number of para-hydroxylation sites is 1. The van der Waals surface area contributed by atoms with Crippen molar-refractivity contribution in [2.75, 3.05) is 20.2 Å². The van der Waals surface area contributed by atoms with Gasteiger partial charge in [-0.15, -0.1) is 10.2 Å². The first-order chi connectivity index (χ1) is 11.2. The van der Waals surface area contributed by atoms with Crippen LogP contribution in [0.5, 0.6) is 5.75 Å². The highest BCUT2D eigenvalue weighted by molar-refractivity contribution is 5.84. The maximum absolute atomic E-state index is 12.8. The van der Waals surface area contributed by atoms with E-state index in [1.54, 1.807) is 4.90 Å². The second-order valence-corrected chi connectivity index (χ2v) is 6.35. The number of rotatable bonds is 4. The van der Waals surface area contributed by atoms with Gasteiger partial charge in [-0.1, -0.05) is 23.4 Å². The average Bonchev–Trinajstić information content (AvgIpc) is 3.05. The molecule has 1 N–H and O–H groups in total. The van der Waals surface area contributed by atoms with Crippen LogP contribution in [0, 0.1) is 5.92 Å². The van der Waals surface area contributed by atoms with Crippen molar-refractivity contribution in [3.05, 3.63) is 35.7 Å². The van der Waals surface area contributed by atoms with Crippen molar-refractivity contribution in [2.45, 2.75) is 24.7 Å². The fourth-order valence-corrected chi connectivity index (χ4v) is 3.62. The lowest BCUT2D eigenvalue weighted by molar-refractivity contribution is -0.131. The standard InChI is InChI=1S/C16H19N5O2/c1-21(8-6-14-17-19-20-18-14)15(22)12-10-16(12)7-9-23-13-5-3-2-4-11(13)16/h2-5,12H,6-10H2,1H3,(H,17,18,19,20)/t12-,16-/m0/s1. The summed E-state index contributed by atoms with van der Waals surface area (Å²) in [5, 5.41) is 13.8. The second kappa shape index (κ2) is 5.33. The Bertz CT molecular complexity index is 717. The summed E-state index contributed by atoms with van der Waals surface area (Å²) in [7, 11) is 1.85. The van der Waals surface area contributed by atoms with Crippen molar-refractivity contribution in [1.82, 2.24) is 25.5 Å². The Balaban J connectivity index is 1.45. The minimum atomic E-state index is -0.0215. The summed E-state index contributed by atoms with van der Waals surface area (Å²) in [6.07, 6.45) is 2.44. The first-order valence-electron chi connectivity index (χ1n) is 7.90. The molecule has 23 heavy (non-hydrogen) atoms. The number of likely N-dealkylation sites (N-methyl/N-ethyl adjacent to an activating group) is 1. The van der Waals surface area contributed by atoms with E-state index < -0.39 is 0 Å². The summed E-state index contributed by atoms with van der Waals surface area (Å²) in [6, 6.07) is 8.10. The molecule has 1 aromatic heterocycles. The van der Waals surface area contributed by atoms with Crippen LogP contribution in [-0.2, 0) is 16.6 Å². The second-order valence-electron chi connectivity index (χ2n) is 6.35. The zero-order valence-corrected chi connectivity index (χ0v) is 13.0. The topological polar surface area (TPSA) is 84.0 Å². The maximum Gasteiger partial charge on any atom is 0.226 e. The summed E-state index contributed by atoms with van der Waals surface area (Å²) >= 11 is 0. The lowest BCUT2D eigenvalue weighted by Crippen LogP contribution is -2.34. The van der Waals surface area contributed by atoms with Gasteiger partial charge in [0, 0.05) is 36.9 Å². The molecule has 1 saturated carbocycles. The third-order valence-corrected chi connectivity index (χ3v) is 5.04. The van der Waals surface area contributed by atoms with Gasteiger partial charge in [0.2, 0.25) is 5.91 Å². The van der Waals surface area contributed by atoms with Crippen LogP contribution in [0.25, 0.3) is 0 Å². The van der Waals surface area contributed by atoms with Gasteiger partial charge in [0.05, 0.1) is 6.61 Å². The van der Waals surface area contributed by atoms with Crippen molar-refractivity contribution in [3.8, 4) is 5.75 Å². The Hall–Kier alpha value is -2.44. The lowest BCUT2D eigenvalue weighted by atomic mass is 9.87. The predicted molar refractivity (Wildman–Crippen MR) is 81.9 cm³/mol. The van der Waals surface area contributed by atoms with Gasteiger partial charge in [-0.25, -0.2) is 0 Å². The molecule has 1 amide bonds. The summed E-state index contributed by atoms with van der Waals surface area (Å²) in [5.41, 5.74) is 1.17. The zero-order chi connectivity index (χ0) is 15.9. The summed E-state index contributed by atoms with van der Waals surface area (Å²) in [5.74, 6) is 1.82. The monoisotopic (exact) mass is 313 g/mol. The van der Waals surface area contributed by atoms with E-state index in [2.05, 4.69) is 26.7 Å². The molecule has 1 spiro atoms. The number of nitrogens with zero attached hydrogens (tertiary/aromatic N) is 4. The van der Waals surface area contributed by atoms with E-state index in [4.69, 9.17) is 4.74 Å². The molecule has 1 aromatic carbocycles. The number of H-pyrrole nitrogens is 1. The number of nitrogens with one attached hydrogen (secondary N) is 1. The number of carbonyl (C=O) groups is 1. The number of aromatic amines is 1. The zero-order valence-electron chi connectivity index (χ0n) is 13.0. The number of carbonyl (C=O) groups excluding carboxylic acids is 1. The van der Waals surface area contributed by atoms with E-state index >= 15 is 0 Å². The van der Waals surface area contributed by atoms with Crippen LogP contribution in [0.1, 0.15) is 24.2 Å². The number of aromatic nitrogens is 4. The van der Waals surface area contributed by atoms with Crippen LogP contribution in [0.3, 0.4) is 0 Å².